The fourth-order valence-corrected chi connectivity index (χ4v) is 2.75. The van der Waals surface area contributed by atoms with Crippen LogP contribution in [0.1, 0.15) is 42.6 Å². The topological polar surface area (TPSA) is 108 Å². The number of carboxylic acids is 1. The first-order valence-electron chi connectivity index (χ1n) is 11.1. The molecule has 0 saturated heterocycles. The van der Waals surface area contributed by atoms with Gasteiger partial charge in [0, 0.05) is 19.2 Å². The Morgan fingerprint density at radius 2 is 1.81 bits per heavy atom. The van der Waals surface area contributed by atoms with Crippen LogP contribution in [0.4, 0.5) is 0 Å². The van der Waals surface area contributed by atoms with Gasteiger partial charge in [-0.3, -0.25) is 0 Å². The highest BCUT2D eigenvalue weighted by Gasteiger charge is 2.20. The molecule has 176 valence electrons. The molecule has 0 aromatic heterocycles. The standard InChI is InChI=1S/C18H29NO3.C7H6O3/c1-14(2)19-11-17(20)13-22-18-7-5-15(6-8-18)9-10-21-12-16-3-4-16;8-6-4-2-1-3-5(6)7(9)10/h5-8,14,16-17,19-20H,3-4,9-13H2,1-2H3;1-4,8H,(H,9,10). The smallest absolute Gasteiger partial charge is 0.339 e. The number of hydrogen-bond acceptors (Lipinski definition) is 6. The molecule has 7 nitrogen and oxygen atoms in total. The van der Waals surface area contributed by atoms with E-state index >= 15 is 0 Å². The summed E-state index contributed by atoms with van der Waals surface area (Å²) in [5.41, 5.74) is 1.19. The fraction of sp³-hybridized carbons (Fsp3) is 0.480. The Morgan fingerprint density at radius 1 is 1.12 bits per heavy atom. The summed E-state index contributed by atoms with van der Waals surface area (Å²) in [5.74, 6) is 0.312. The van der Waals surface area contributed by atoms with Crippen LogP contribution in [0.5, 0.6) is 11.5 Å². The minimum atomic E-state index is -1.11. The maximum absolute atomic E-state index is 10.3. The SMILES string of the molecule is CC(C)NCC(O)COc1ccc(CCOCC2CC2)cc1.O=C(O)c1ccccc1O. The first-order chi connectivity index (χ1) is 15.3. The number of ether oxygens (including phenoxy) is 2. The van der Waals surface area contributed by atoms with Crippen LogP contribution in [-0.2, 0) is 11.2 Å². The molecule has 32 heavy (non-hydrogen) atoms. The van der Waals surface area contributed by atoms with E-state index in [1.807, 2.05) is 12.1 Å². The first kappa shape index (κ1) is 25.6. The van der Waals surface area contributed by atoms with Crippen molar-refractivity contribution in [3.63, 3.8) is 0 Å². The Balaban J connectivity index is 0.000000303. The number of para-hydroxylation sites is 1. The van der Waals surface area contributed by atoms with Gasteiger partial charge in [0.2, 0.25) is 0 Å². The van der Waals surface area contributed by atoms with Gasteiger partial charge in [-0.15, -0.1) is 0 Å². The molecular formula is C25H35NO6. The van der Waals surface area contributed by atoms with Crippen LogP contribution in [0.3, 0.4) is 0 Å². The molecular weight excluding hydrogens is 410 g/mol. The van der Waals surface area contributed by atoms with Crippen molar-refractivity contribution in [2.45, 2.75) is 45.3 Å². The molecule has 1 aliphatic rings. The molecule has 0 bridgehead atoms. The van der Waals surface area contributed by atoms with Crippen molar-refractivity contribution in [1.82, 2.24) is 5.32 Å². The first-order valence-corrected chi connectivity index (χ1v) is 11.1. The van der Waals surface area contributed by atoms with Gasteiger partial charge in [0.25, 0.3) is 0 Å². The summed E-state index contributed by atoms with van der Waals surface area (Å²) in [7, 11) is 0. The molecule has 1 fully saturated rings. The predicted molar refractivity (Wildman–Crippen MR) is 123 cm³/mol. The van der Waals surface area contributed by atoms with E-state index < -0.39 is 12.1 Å². The second kappa shape index (κ2) is 13.7. The van der Waals surface area contributed by atoms with E-state index in [2.05, 4.69) is 31.3 Å². The van der Waals surface area contributed by atoms with Crippen molar-refractivity contribution in [2.75, 3.05) is 26.4 Å². The minimum absolute atomic E-state index is 0.0671. The summed E-state index contributed by atoms with van der Waals surface area (Å²) in [6.45, 7) is 6.68. The van der Waals surface area contributed by atoms with E-state index in [0.29, 0.717) is 19.2 Å². The van der Waals surface area contributed by atoms with Crippen molar-refractivity contribution >= 4 is 5.97 Å². The monoisotopic (exact) mass is 445 g/mol. The number of aliphatic hydroxyl groups excluding tert-OH is 1. The van der Waals surface area contributed by atoms with Gasteiger partial charge in [0.1, 0.15) is 29.8 Å². The fourth-order valence-electron chi connectivity index (χ4n) is 2.75. The molecule has 1 atom stereocenters. The number of phenols is 1. The van der Waals surface area contributed by atoms with Gasteiger partial charge in [-0.05, 0) is 55.0 Å². The highest BCUT2D eigenvalue weighted by atomic mass is 16.5. The summed E-state index contributed by atoms with van der Waals surface area (Å²) in [5, 5.41) is 30.3. The summed E-state index contributed by atoms with van der Waals surface area (Å²) < 4.78 is 11.2. The molecule has 0 amide bonds. The van der Waals surface area contributed by atoms with Gasteiger partial charge >= 0.3 is 5.97 Å². The lowest BCUT2D eigenvalue weighted by Gasteiger charge is -2.15. The lowest BCUT2D eigenvalue weighted by atomic mass is 10.1. The number of nitrogens with one attached hydrogen (secondary N) is 1. The van der Waals surface area contributed by atoms with E-state index in [-0.39, 0.29) is 11.3 Å². The Morgan fingerprint density at radius 3 is 2.38 bits per heavy atom. The van der Waals surface area contributed by atoms with Crippen LogP contribution in [0.15, 0.2) is 48.5 Å². The Hall–Kier alpha value is -2.61. The van der Waals surface area contributed by atoms with Crippen molar-refractivity contribution in [2.24, 2.45) is 5.92 Å². The average Bonchev–Trinajstić information content (AvgIpc) is 3.60. The average molecular weight is 446 g/mol. The Kier molecular flexibility index (Phi) is 11.0. The van der Waals surface area contributed by atoms with E-state index in [9.17, 15) is 9.90 Å². The zero-order chi connectivity index (χ0) is 23.3. The normalized spacial score (nSPS) is 13.9. The third kappa shape index (κ3) is 10.6. The highest BCUT2D eigenvalue weighted by Crippen LogP contribution is 2.28. The van der Waals surface area contributed by atoms with Gasteiger partial charge < -0.3 is 30.1 Å². The third-order valence-electron chi connectivity index (χ3n) is 4.85. The number of rotatable bonds is 12. The zero-order valence-electron chi connectivity index (χ0n) is 18.9. The molecule has 3 rings (SSSR count). The maximum atomic E-state index is 10.3. The van der Waals surface area contributed by atoms with Crippen LogP contribution < -0.4 is 10.1 Å². The predicted octanol–water partition coefficient (Wildman–Crippen LogP) is 3.48. The number of aromatic hydroxyl groups is 1. The van der Waals surface area contributed by atoms with Gasteiger partial charge in [0.05, 0.1) is 6.61 Å². The molecule has 0 heterocycles. The lowest BCUT2D eigenvalue weighted by molar-refractivity contribution is 0.0693. The molecule has 4 N–H and O–H groups in total. The van der Waals surface area contributed by atoms with Crippen LogP contribution >= 0.6 is 0 Å². The number of hydrogen-bond donors (Lipinski definition) is 4. The molecule has 0 aliphatic heterocycles. The molecule has 2 aromatic carbocycles. The number of aromatic carboxylic acids is 1. The quantitative estimate of drug-likeness (QED) is 0.370. The zero-order valence-corrected chi connectivity index (χ0v) is 18.9. The molecule has 1 aliphatic carbocycles. The van der Waals surface area contributed by atoms with Gasteiger partial charge in [-0.1, -0.05) is 38.1 Å². The van der Waals surface area contributed by atoms with Crippen molar-refractivity contribution in [3.8, 4) is 11.5 Å². The van der Waals surface area contributed by atoms with Crippen molar-refractivity contribution < 1.29 is 29.6 Å². The summed E-state index contributed by atoms with van der Waals surface area (Å²) in [6.07, 6.45) is 3.13. The molecule has 2 aromatic rings. The summed E-state index contributed by atoms with van der Waals surface area (Å²) in [6, 6.07) is 14.2. The Bertz CT molecular complexity index is 804. The van der Waals surface area contributed by atoms with Gasteiger partial charge in [-0.25, -0.2) is 4.79 Å². The number of carboxylic acid groups (broad SMARTS) is 1. The Labute approximate surface area is 190 Å². The lowest BCUT2D eigenvalue weighted by Crippen LogP contribution is -2.35. The highest BCUT2D eigenvalue weighted by molar-refractivity contribution is 5.90. The maximum Gasteiger partial charge on any atom is 0.339 e. The second-order valence-electron chi connectivity index (χ2n) is 8.26. The number of aliphatic hydroxyl groups is 1. The van der Waals surface area contributed by atoms with E-state index in [1.54, 1.807) is 12.1 Å². The van der Waals surface area contributed by atoms with Crippen LogP contribution in [0.2, 0.25) is 0 Å². The van der Waals surface area contributed by atoms with Crippen LogP contribution in [0, 0.1) is 5.92 Å². The van der Waals surface area contributed by atoms with Gasteiger partial charge in [0.15, 0.2) is 0 Å². The largest absolute Gasteiger partial charge is 0.507 e. The molecule has 1 saturated carbocycles. The summed E-state index contributed by atoms with van der Waals surface area (Å²) >= 11 is 0. The number of benzene rings is 2. The van der Waals surface area contributed by atoms with E-state index in [4.69, 9.17) is 19.7 Å². The molecule has 0 spiro atoms. The van der Waals surface area contributed by atoms with Crippen molar-refractivity contribution in [3.05, 3.63) is 59.7 Å². The molecule has 0 radical (unpaired) electrons. The van der Waals surface area contributed by atoms with Crippen LogP contribution in [-0.4, -0.2) is 59.8 Å². The van der Waals surface area contributed by atoms with E-state index in [1.165, 1.54) is 30.5 Å². The van der Waals surface area contributed by atoms with Crippen molar-refractivity contribution in [1.29, 1.82) is 0 Å². The van der Waals surface area contributed by atoms with Gasteiger partial charge in [-0.2, -0.15) is 0 Å². The molecule has 1 unspecified atom stereocenters. The van der Waals surface area contributed by atoms with Crippen LogP contribution in [0.25, 0.3) is 0 Å². The van der Waals surface area contributed by atoms with E-state index in [0.717, 1.165) is 31.3 Å². The third-order valence-corrected chi connectivity index (χ3v) is 4.85. The second-order valence-corrected chi connectivity index (χ2v) is 8.26. The number of carbonyl (C=O) groups is 1. The molecule has 7 heteroatoms. The minimum Gasteiger partial charge on any atom is -0.507 e. The summed E-state index contributed by atoms with van der Waals surface area (Å²) in [4.78, 5) is 10.3.